The minimum absolute atomic E-state index is 0.0284. The summed E-state index contributed by atoms with van der Waals surface area (Å²) in [4.78, 5) is 19.6. The van der Waals surface area contributed by atoms with Gasteiger partial charge in [0.05, 0.1) is 17.6 Å². The number of pyridine rings is 1. The molecule has 2 unspecified atom stereocenters. The van der Waals surface area contributed by atoms with E-state index in [1.165, 1.54) is 6.07 Å². The maximum absolute atomic E-state index is 11.1. The molecule has 1 aromatic heterocycles. The van der Waals surface area contributed by atoms with E-state index in [9.17, 15) is 9.90 Å². The number of aromatic nitrogens is 1. The molecule has 3 heterocycles. The van der Waals surface area contributed by atoms with Crippen molar-refractivity contribution in [2.45, 2.75) is 24.9 Å². The summed E-state index contributed by atoms with van der Waals surface area (Å²) in [6.07, 6.45) is 5.33. The van der Waals surface area contributed by atoms with Crippen LogP contribution in [0.3, 0.4) is 0 Å². The Balaban J connectivity index is 1.57. The molecule has 9 nitrogen and oxygen atoms in total. The molecule has 0 radical (unpaired) electrons. The molecule has 4 rings (SSSR count). The van der Waals surface area contributed by atoms with Gasteiger partial charge in [0.2, 0.25) is 0 Å². The van der Waals surface area contributed by atoms with E-state index >= 15 is 0 Å². The predicted octanol–water partition coefficient (Wildman–Crippen LogP) is 1.22. The molecule has 9 heteroatoms. The lowest BCUT2D eigenvalue weighted by Gasteiger charge is -2.43. The first-order valence-corrected chi connectivity index (χ1v) is 10.1. The number of carboxylic acids is 1. The van der Waals surface area contributed by atoms with E-state index in [1.54, 1.807) is 36.5 Å². The molecule has 162 valence electrons. The van der Waals surface area contributed by atoms with Crippen molar-refractivity contribution in [1.29, 1.82) is 0 Å². The molecule has 2 aliphatic rings. The van der Waals surface area contributed by atoms with Crippen LogP contribution in [0.5, 0.6) is 5.75 Å². The minimum Gasteiger partial charge on any atom is -0.507 e. The number of phenols is 1. The number of nitrogens with zero attached hydrogens (tertiary/aromatic N) is 3. The summed E-state index contributed by atoms with van der Waals surface area (Å²) in [6, 6.07) is 10.6. The number of carbonyl (C=O) groups is 1. The highest BCUT2D eigenvalue weighted by molar-refractivity contribution is 5.85. The quantitative estimate of drug-likeness (QED) is 0.447. The maximum atomic E-state index is 11.1. The van der Waals surface area contributed by atoms with Crippen molar-refractivity contribution in [1.82, 2.24) is 9.88 Å². The number of aromatic carboxylic acids is 1. The van der Waals surface area contributed by atoms with Gasteiger partial charge < -0.3 is 37.2 Å². The number of carboxylic acid groups (broad SMARTS) is 1. The van der Waals surface area contributed by atoms with E-state index in [0.29, 0.717) is 30.0 Å². The van der Waals surface area contributed by atoms with Crippen molar-refractivity contribution in [3.63, 3.8) is 0 Å². The van der Waals surface area contributed by atoms with Gasteiger partial charge >= 0.3 is 5.97 Å². The molecule has 8 N–H and O–H groups in total. The molecule has 31 heavy (non-hydrogen) atoms. The van der Waals surface area contributed by atoms with Gasteiger partial charge in [0.15, 0.2) is 0 Å². The third kappa shape index (κ3) is 3.94. The lowest BCUT2D eigenvalue weighted by molar-refractivity contribution is 0.0690. The molecule has 2 saturated heterocycles. The van der Waals surface area contributed by atoms with E-state index < -0.39 is 5.97 Å². The summed E-state index contributed by atoms with van der Waals surface area (Å²) in [5.74, 6) is -0.784. The first kappa shape index (κ1) is 20.4. The normalized spacial score (nSPS) is 20.6. The number of benzene rings is 1. The lowest BCUT2D eigenvalue weighted by Crippen LogP contribution is -2.54. The lowest BCUT2D eigenvalue weighted by atomic mass is 10.1. The molecule has 2 aromatic rings. The Morgan fingerprint density at radius 1 is 1.06 bits per heavy atom. The summed E-state index contributed by atoms with van der Waals surface area (Å²) < 4.78 is 0. The zero-order chi connectivity index (χ0) is 22.1. The van der Waals surface area contributed by atoms with Crippen molar-refractivity contribution in [2.75, 3.05) is 18.0 Å². The van der Waals surface area contributed by atoms with Crippen molar-refractivity contribution in [3.05, 3.63) is 71.4 Å². The standard InChI is InChI=1S/C22H26N6O3/c23-17(16-3-1-2-4-20(16)29)9-19(21(24)25)27-11-14-5-6-15(12-27)28(14)13-7-8-18(22(30)31)26-10-13/h1-4,7-10,14-15,29H,5-6,11-12,23-25H2,(H,30,31)/b17-9-. The molecule has 2 aliphatic heterocycles. The van der Waals surface area contributed by atoms with Gasteiger partial charge in [-0.1, -0.05) is 12.1 Å². The van der Waals surface area contributed by atoms with Crippen LogP contribution in [-0.2, 0) is 0 Å². The molecule has 0 amide bonds. The molecule has 2 atom stereocenters. The fourth-order valence-electron chi connectivity index (χ4n) is 4.49. The number of rotatable bonds is 5. The van der Waals surface area contributed by atoms with Crippen molar-refractivity contribution in [3.8, 4) is 5.75 Å². The summed E-state index contributed by atoms with van der Waals surface area (Å²) in [7, 11) is 0. The average molecular weight is 422 g/mol. The number of anilines is 1. The highest BCUT2D eigenvalue weighted by atomic mass is 16.4. The number of hydrogen-bond acceptors (Lipinski definition) is 8. The van der Waals surface area contributed by atoms with Gasteiger partial charge in [-0.15, -0.1) is 0 Å². The number of hydrogen-bond donors (Lipinski definition) is 5. The number of fused-ring (bicyclic) bond motifs is 2. The number of phenolic OH excluding ortho intramolecular Hbond substituents is 1. The van der Waals surface area contributed by atoms with Crippen LogP contribution in [0.25, 0.3) is 5.70 Å². The van der Waals surface area contributed by atoms with Gasteiger partial charge in [-0.25, -0.2) is 9.78 Å². The maximum Gasteiger partial charge on any atom is 0.354 e. The summed E-state index contributed by atoms with van der Waals surface area (Å²) in [5.41, 5.74) is 20.7. The Morgan fingerprint density at radius 2 is 1.74 bits per heavy atom. The number of aromatic hydroxyl groups is 1. The molecule has 0 aliphatic carbocycles. The zero-order valence-corrected chi connectivity index (χ0v) is 17.0. The second-order valence-corrected chi connectivity index (χ2v) is 7.86. The van der Waals surface area contributed by atoms with Gasteiger partial charge in [-0.2, -0.15) is 0 Å². The van der Waals surface area contributed by atoms with Crippen LogP contribution in [0, 0.1) is 0 Å². The largest absolute Gasteiger partial charge is 0.507 e. The third-order valence-corrected chi connectivity index (χ3v) is 5.89. The molecule has 1 aromatic carbocycles. The highest BCUT2D eigenvalue weighted by Crippen LogP contribution is 2.36. The molecule has 0 saturated carbocycles. The molecule has 2 bridgehead atoms. The number of para-hydroxylation sites is 1. The molecular weight excluding hydrogens is 396 g/mol. The molecule has 2 fully saturated rings. The second kappa shape index (κ2) is 8.10. The smallest absolute Gasteiger partial charge is 0.354 e. The fourth-order valence-corrected chi connectivity index (χ4v) is 4.49. The summed E-state index contributed by atoms with van der Waals surface area (Å²) in [6.45, 7) is 1.38. The van der Waals surface area contributed by atoms with Crippen LogP contribution in [0.4, 0.5) is 5.69 Å². The number of piperazine rings is 1. The predicted molar refractivity (Wildman–Crippen MR) is 118 cm³/mol. The van der Waals surface area contributed by atoms with Gasteiger partial charge in [0, 0.05) is 36.4 Å². The van der Waals surface area contributed by atoms with Gasteiger partial charge in [-0.3, -0.25) is 0 Å². The second-order valence-electron chi connectivity index (χ2n) is 7.86. The van der Waals surface area contributed by atoms with Gasteiger partial charge in [0.25, 0.3) is 0 Å². The van der Waals surface area contributed by atoms with E-state index in [4.69, 9.17) is 22.3 Å². The fraction of sp³-hybridized carbons (Fsp3) is 0.273. The van der Waals surface area contributed by atoms with Crippen LogP contribution in [0.15, 0.2) is 60.2 Å². The molecule has 0 spiro atoms. The summed E-state index contributed by atoms with van der Waals surface area (Å²) in [5, 5.41) is 19.2. The van der Waals surface area contributed by atoms with E-state index in [2.05, 4.69) is 14.8 Å². The van der Waals surface area contributed by atoms with E-state index in [1.807, 2.05) is 6.07 Å². The minimum atomic E-state index is -1.04. The highest BCUT2D eigenvalue weighted by Gasteiger charge is 2.40. The third-order valence-electron chi connectivity index (χ3n) is 5.89. The van der Waals surface area contributed by atoms with Crippen LogP contribution in [0.1, 0.15) is 28.9 Å². The molecular formula is C22H26N6O3. The Hall–Kier alpha value is -3.88. The SMILES string of the molecule is NC(N)=C(/C=C(\N)c1ccccc1O)N1CC2CCC(C1)N2c1ccc(C(=O)O)nc1. The van der Waals surface area contributed by atoms with Crippen LogP contribution >= 0.6 is 0 Å². The number of nitrogens with two attached hydrogens (primary N) is 3. The van der Waals surface area contributed by atoms with Gasteiger partial charge in [0.1, 0.15) is 17.3 Å². The Kier molecular flexibility index (Phi) is 5.33. The first-order chi connectivity index (χ1) is 14.8. The zero-order valence-electron chi connectivity index (χ0n) is 17.0. The van der Waals surface area contributed by atoms with Crippen LogP contribution in [-0.4, -0.2) is 51.2 Å². The van der Waals surface area contributed by atoms with Crippen LogP contribution in [0.2, 0.25) is 0 Å². The monoisotopic (exact) mass is 422 g/mol. The Labute approximate surface area is 180 Å². The van der Waals surface area contributed by atoms with Crippen molar-refractivity contribution in [2.24, 2.45) is 17.2 Å². The first-order valence-electron chi connectivity index (χ1n) is 10.1. The summed E-state index contributed by atoms with van der Waals surface area (Å²) >= 11 is 0. The van der Waals surface area contributed by atoms with Crippen LogP contribution < -0.4 is 22.1 Å². The van der Waals surface area contributed by atoms with E-state index in [-0.39, 0.29) is 29.3 Å². The Bertz CT molecular complexity index is 1030. The number of allylic oxidation sites excluding steroid dienone is 1. The van der Waals surface area contributed by atoms with Gasteiger partial charge in [-0.05, 0) is 43.2 Å². The number of likely N-dealkylation sites (tertiary alicyclic amines) is 1. The average Bonchev–Trinajstić information content (AvgIpc) is 3.01. The van der Waals surface area contributed by atoms with Crippen molar-refractivity contribution < 1.29 is 15.0 Å². The topological polar surface area (TPSA) is 155 Å². The Morgan fingerprint density at radius 3 is 2.29 bits per heavy atom. The van der Waals surface area contributed by atoms with E-state index in [0.717, 1.165) is 18.5 Å². The van der Waals surface area contributed by atoms with Crippen molar-refractivity contribution >= 4 is 17.4 Å².